The van der Waals surface area contributed by atoms with E-state index >= 15 is 0 Å². The fraction of sp³-hybridized carbons (Fsp3) is 0.238. The van der Waals surface area contributed by atoms with E-state index in [9.17, 15) is 9.59 Å². The van der Waals surface area contributed by atoms with Gasteiger partial charge in [-0.05, 0) is 32.9 Å². The molecule has 0 amide bonds. The molecule has 1 aromatic carbocycles. The first-order valence-electron chi connectivity index (χ1n) is 9.17. The average Bonchev–Trinajstić information content (AvgIpc) is 3.25. The van der Waals surface area contributed by atoms with Crippen molar-refractivity contribution in [2.75, 3.05) is 6.61 Å². The molecule has 0 N–H and O–H groups in total. The molecule has 148 valence electrons. The van der Waals surface area contributed by atoms with Crippen molar-refractivity contribution < 1.29 is 18.4 Å². The summed E-state index contributed by atoms with van der Waals surface area (Å²) in [6.07, 6.45) is 1.37. The number of ether oxygens (including phenoxy) is 1. The molecule has 0 aliphatic carbocycles. The number of carbonyl (C=O) groups is 1. The van der Waals surface area contributed by atoms with Crippen LogP contribution >= 0.6 is 0 Å². The highest BCUT2D eigenvalue weighted by Gasteiger charge is 2.24. The topological polar surface area (TPSA) is 100 Å². The highest BCUT2D eigenvalue weighted by Crippen LogP contribution is 2.23. The van der Waals surface area contributed by atoms with Crippen LogP contribution in [0.3, 0.4) is 0 Å². The molecule has 0 aliphatic rings. The van der Waals surface area contributed by atoms with Gasteiger partial charge in [0.15, 0.2) is 0 Å². The van der Waals surface area contributed by atoms with Gasteiger partial charge < -0.3 is 13.6 Å². The predicted molar refractivity (Wildman–Crippen MR) is 105 cm³/mol. The Labute approximate surface area is 165 Å². The zero-order valence-electron chi connectivity index (χ0n) is 16.3. The van der Waals surface area contributed by atoms with Crippen LogP contribution in [0.4, 0.5) is 0 Å². The van der Waals surface area contributed by atoms with E-state index in [-0.39, 0.29) is 29.8 Å². The first kappa shape index (κ1) is 18.7. The molecule has 8 heteroatoms. The number of rotatable bonds is 5. The third-order valence-corrected chi connectivity index (χ3v) is 4.57. The third kappa shape index (κ3) is 3.33. The fourth-order valence-corrected chi connectivity index (χ4v) is 3.14. The SMILES string of the molecule is CCOC(=O)c1c(C)oc2ncn(Cc3nc(-c4ccccc4)oc3C)c(=O)c12. The maximum Gasteiger partial charge on any atom is 0.342 e. The molecule has 0 spiro atoms. The molecule has 0 bridgehead atoms. The largest absolute Gasteiger partial charge is 0.462 e. The number of oxazole rings is 1. The molecule has 29 heavy (non-hydrogen) atoms. The minimum Gasteiger partial charge on any atom is -0.462 e. The molecule has 3 aromatic heterocycles. The lowest BCUT2D eigenvalue weighted by Crippen LogP contribution is -2.23. The highest BCUT2D eigenvalue weighted by atomic mass is 16.5. The first-order valence-corrected chi connectivity index (χ1v) is 9.17. The van der Waals surface area contributed by atoms with Crippen LogP contribution in [-0.2, 0) is 11.3 Å². The van der Waals surface area contributed by atoms with Crippen molar-refractivity contribution in [2.45, 2.75) is 27.3 Å². The van der Waals surface area contributed by atoms with Crippen LogP contribution < -0.4 is 5.56 Å². The molecule has 0 radical (unpaired) electrons. The minimum absolute atomic E-state index is 0.105. The zero-order chi connectivity index (χ0) is 20.5. The Morgan fingerprint density at radius 3 is 2.62 bits per heavy atom. The number of aryl methyl sites for hydroxylation is 2. The smallest absolute Gasteiger partial charge is 0.342 e. The first-order chi connectivity index (χ1) is 14.0. The number of benzene rings is 1. The van der Waals surface area contributed by atoms with Crippen LogP contribution in [0.15, 0.2) is 50.3 Å². The van der Waals surface area contributed by atoms with E-state index in [4.69, 9.17) is 13.6 Å². The molecule has 0 aliphatic heterocycles. The standard InChI is InChI=1S/C21H19N3O5/c1-4-27-21(26)16-13(3)29-19-17(16)20(25)24(11-22-19)10-15-12(2)28-18(23-15)14-8-6-5-7-9-14/h5-9,11H,4,10H2,1-3H3. The van der Waals surface area contributed by atoms with Gasteiger partial charge in [0.2, 0.25) is 11.6 Å². The number of hydrogen-bond donors (Lipinski definition) is 0. The lowest BCUT2D eigenvalue weighted by Gasteiger charge is -2.04. The van der Waals surface area contributed by atoms with E-state index in [0.29, 0.717) is 23.1 Å². The van der Waals surface area contributed by atoms with Gasteiger partial charge in [0, 0.05) is 5.56 Å². The predicted octanol–water partition coefficient (Wildman–Crippen LogP) is 3.49. The van der Waals surface area contributed by atoms with Crippen molar-refractivity contribution in [1.29, 1.82) is 0 Å². The summed E-state index contributed by atoms with van der Waals surface area (Å²) in [5.41, 5.74) is 1.26. The van der Waals surface area contributed by atoms with Gasteiger partial charge in [0.25, 0.3) is 5.56 Å². The van der Waals surface area contributed by atoms with Crippen LogP contribution in [0, 0.1) is 13.8 Å². The molecule has 8 nitrogen and oxygen atoms in total. The van der Waals surface area contributed by atoms with E-state index in [1.807, 2.05) is 30.3 Å². The van der Waals surface area contributed by atoms with Crippen molar-refractivity contribution in [3.8, 4) is 11.5 Å². The molecule has 3 heterocycles. The van der Waals surface area contributed by atoms with E-state index in [2.05, 4.69) is 9.97 Å². The molecule has 4 aromatic rings. The maximum absolute atomic E-state index is 13.1. The van der Waals surface area contributed by atoms with Crippen LogP contribution in [0.5, 0.6) is 0 Å². The molecule has 0 fully saturated rings. The number of esters is 1. The monoisotopic (exact) mass is 393 g/mol. The molecule has 0 atom stereocenters. The Hall–Kier alpha value is -3.68. The van der Waals surface area contributed by atoms with Gasteiger partial charge in [-0.3, -0.25) is 9.36 Å². The summed E-state index contributed by atoms with van der Waals surface area (Å²) in [5.74, 6) is 0.769. The van der Waals surface area contributed by atoms with Crippen LogP contribution in [0.2, 0.25) is 0 Å². The Kier molecular flexibility index (Phi) is 4.75. The summed E-state index contributed by atoms with van der Waals surface area (Å²) >= 11 is 0. The Bertz CT molecular complexity index is 1250. The average molecular weight is 393 g/mol. The summed E-state index contributed by atoms with van der Waals surface area (Å²) in [6, 6.07) is 9.50. The Balaban J connectivity index is 1.75. The summed E-state index contributed by atoms with van der Waals surface area (Å²) in [6.45, 7) is 5.43. The zero-order valence-corrected chi connectivity index (χ0v) is 16.3. The number of hydrogen-bond acceptors (Lipinski definition) is 7. The summed E-state index contributed by atoms with van der Waals surface area (Å²) in [5, 5.41) is 0.105. The quantitative estimate of drug-likeness (QED) is 0.478. The Morgan fingerprint density at radius 1 is 1.14 bits per heavy atom. The molecule has 0 saturated heterocycles. The lowest BCUT2D eigenvalue weighted by molar-refractivity contribution is 0.0526. The molecule has 4 rings (SSSR count). The normalized spacial score (nSPS) is 11.1. The van der Waals surface area contributed by atoms with E-state index in [1.165, 1.54) is 10.9 Å². The van der Waals surface area contributed by atoms with Crippen molar-refractivity contribution >= 4 is 17.1 Å². The summed E-state index contributed by atoms with van der Waals surface area (Å²) in [4.78, 5) is 34.1. The van der Waals surface area contributed by atoms with Gasteiger partial charge in [0.1, 0.15) is 34.5 Å². The number of aromatic nitrogens is 3. The summed E-state index contributed by atoms with van der Waals surface area (Å²) < 4.78 is 17.7. The molecule has 0 unspecified atom stereocenters. The molecular weight excluding hydrogens is 374 g/mol. The van der Waals surface area contributed by atoms with Gasteiger partial charge in [-0.15, -0.1) is 0 Å². The lowest BCUT2D eigenvalue weighted by atomic mass is 10.2. The van der Waals surface area contributed by atoms with Gasteiger partial charge in [0.05, 0.1) is 13.2 Å². The number of furan rings is 1. The van der Waals surface area contributed by atoms with Gasteiger partial charge in [-0.25, -0.2) is 14.8 Å². The van der Waals surface area contributed by atoms with E-state index in [0.717, 1.165) is 5.56 Å². The van der Waals surface area contributed by atoms with Gasteiger partial charge >= 0.3 is 5.97 Å². The second-order valence-corrected chi connectivity index (χ2v) is 6.50. The molecular formula is C21H19N3O5. The van der Waals surface area contributed by atoms with E-state index < -0.39 is 11.5 Å². The number of nitrogens with zero attached hydrogens (tertiary/aromatic N) is 3. The number of carbonyl (C=O) groups excluding carboxylic acids is 1. The van der Waals surface area contributed by atoms with Crippen LogP contribution in [-0.4, -0.2) is 27.1 Å². The highest BCUT2D eigenvalue weighted by molar-refractivity contribution is 6.03. The second kappa shape index (κ2) is 7.38. The van der Waals surface area contributed by atoms with Crippen molar-refractivity contribution in [3.63, 3.8) is 0 Å². The van der Waals surface area contributed by atoms with Crippen molar-refractivity contribution in [3.05, 3.63) is 69.8 Å². The fourth-order valence-electron chi connectivity index (χ4n) is 3.14. The maximum atomic E-state index is 13.1. The number of fused-ring (bicyclic) bond motifs is 1. The van der Waals surface area contributed by atoms with Gasteiger partial charge in [-0.1, -0.05) is 18.2 Å². The van der Waals surface area contributed by atoms with Crippen molar-refractivity contribution in [2.24, 2.45) is 0 Å². The minimum atomic E-state index is -0.607. The van der Waals surface area contributed by atoms with E-state index in [1.54, 1.807) is 20.8 Å². The Morgan fingerprint density at radius 2 is 1.90 bits per heavy atom. The van der Waals surface area contributed by atoms with Crippen LogP contribution in [0.1, 0.15) is 34.5 Å². The molecule has 0 saturated carbocycles. The van der Waals surface area contributed by atoms with Crippen LogP contribution in [0.25, 0.3) is 22.6 Å². The van der Waals surface area contributed by atoms with Gasteiger partial charge in [-0.2, -0.15) is 0 Å². The van der Waals surface area contributed by atoms with Crippen molar-refractivity contribution in [1.82, 2.24) is 14.5 Å². The second-order valence-electron chi connectivity index (χ2n) is 6.50. The summed E-state index contributed by atoms with van der Waals surface area (Å²) in [7, 11) is 0. The third-order valence-electron chi connectivity index (χ3n) is 4.57.